The fraction of sp³-hybridized carbons (Fsp3) is 0.667. The number of hydrogen-bond donors (Lipinski definition) is 2. The van der Waals surface area contributed by atoms with Gasteiger partial charge in [-0.25, -0.2) is 4.79 Å². The Morgan fingerprint density at radius 1 is 1.62 bits per heavy atom. The molecule has 7 nitrogen and oxygen atoms in total. The molecule has 1 heterocycles. The molecule has 2 unspecified atom stereocenters. The van der Waals surface area contributed by atoms with Gasteiger partial charge in [-0.3, -0.25) is 9.59 Å². The number of aliphatic hydroxyl groups excluding tert-OH is 1. The van der Waals surface area contributed by atoms with E-state index in [9.17, 15) is 19.5 Å². The molecule has 2 atom stereocenters. The molecule has 90 valence electrons. The van der Waals surface area contributed by atoms with Crippen molar-refractivity contribution in [2.24, 2.45) is 0 Å². The molecule has 1 rings (SSSR count). The first kappa shape index (κ1) is 12.4. The summed E-state index contributed by atoms with van der Waals surface area (Å²) >= 11 is 0. The van der Waals surface area contributed by atoms with E-state index >= 15 is 0 Å². The van der Waals surface area contributed by atoms with Crippen LogP contribution in [-0.2, 0) is 23.9 Å². The van der Waals surface area contributed by atoms with E-state index in [-0.39, 0.29) is 13.2 Å². The van der Waals surface area contributed by atoms with Crippen LogP contribution in [0.5, 0.6) is 0 Å². The maximum absolute atomic E-state index is 11.2. The molecule has 0 saturated carbocycles. The lowest BCUT2D eigenvalue weighted by atomic mass is 10.2. The number of ether oxygens (including phenoxy) is 2. The second kappa shape index (κ2) is 5.45. The SMILES string of the molecule is CCOC(=O)CC(=O)NC1C(=O)OCC1O. The van der Waals surface area contributed by atoms with Crippen molar-refractivity contribution in [1.29, 1.82) is 0 Å². The van der Waals surface area contributed by atoms with E-state index in [1.54, 1.807) is 6.92 Å². The molecule has 0 aromatic heterocycles. The summed E-state index contributed by atoms with van der Waals surface area (Å²) in [6.07, 6.45) is -1.55. The Kier molecular flexibility index (Phi) is 4.24. The summed E-state index contributed by atoms with van der Waals surface area (Å²) in [6.45, 7) is 1.65. The first-order valence-electron chi connectivity index (χ1n) is 4.84. The zero-order valence-corrected chi connectivity index (χ0v) is 8.76. The van der Waals surface area contributed by atoms with Crippen molar-refractivity contribution >= 4 is 17.8 Å². The predicted molar refractivity (Wildman–Crippen MR) is 50.1 cm³/mol. The molecule has 0 spiro atoms. The van der Waals surface area contributed by atoms with Crippen molar-refractivity contribution in [2.45, 2.75) is 25.5 Å². The van der Waals surface area contributed by atoms with E-state index in [0.29, 0.717) is 0 Å². The summed E-state index contributed by atoms with van der Waals surface area (Å²) in [5, 5.41) is 11.5. The summed E-state index contributed by atoms with van der Waals surface area (Å²) in [5.41, 5.74) is 0. The van der Waals surface area contributed by atoms with Crippen molar-refractivity contribution in [2.75, 3.05) is 13.2 Å². The summed E-state index contributed by atoms with van der Waals surface area (Å²) in [7, 11) is 0. The van der Waals surface area contributed by atoms with Crippen molar-refractivity contribution in [3.8, 4) is 0 Å². The number of nitrogens with one attached hydrogen (secondary N) is 1. The second-order valence-electron chi connectivity index (χ2n) is 3.22. The third kappa shape index (κ3) is 3.20. The van der Waals surface area contributed by atoms with Gasteiger partial charge in [0.15, 0.2) is 6.04 Å². The van der Waals surface area contributed by atoms with Gasteiger partial charge in [0.05, 0.1) is 6.61 Å². The van der Waals surface area contributed by atoms with Crippen LogP contribution in [0.1, 0.15) is 13.3 Å². The molecule has 1 aliphatic rings. The average molecular weight is 231 g/mol. The van der Waals surface area contributed by atoms with Crippen LogP contribution in [0.25, 0.3) is 0 Å². The molecule has 0 radical (unpaired) electrons. The molecular formula is C9H13NO6. The summed E-state index contributed by atoms with van der Waals surface area (Å²) in [6, 6.07) is -1.10. The molecule has 0 aromatic rings. The average Bonchev–Trinajstić information content (AvgIpc) is 2.49. The summed E-state index contributed by atoms with van der Waals surface area (Å²) < 4.78 is 9.06. The molecular weight excluding hydrogens is 218 g/mol. The fourth-order valence-corrected chi connectivity index (χ4v) is 1.23. The van der Waals surface area contributed by atoms with Gasteiger partial charge in [-0.1, -0.05) is 0 Å². The van der Waals surface area contributed by atoms with Crippen LogP contribution in [0.3, 0.4) is 0 Å². The van der Waals surface area contributed by atoms with Gasteiger partial charge in [-0.2, -0.15) is 0 Å². The quantitative estimate of drug-likeness (QED) is 0.443. The summed E-state index contributed by atoms with van der Waals surface area (Å²) in [4.78, 5) is 33.2. The van der Waals surface area contributed by atoms with Crippen molar-refractivity contribution < 1.29 is 29.0 Å². The van der Waals surface area contributed by atoms with Crippen LogP contribution >= 0.6 is 0 Å². The molecule has 7 heteroatoms. The maximum Gasteiger partial charge on any atom is 0.331 e. The summed E-state index contributed by atoms with van der Waals surface area (Å²) in [5.74, 6) is -2.06. The minimum absolute atomic E-state index is 0.150. The van der Waals surface area contributed by atoms with Crippen molar-refractivity contribution in [3.05, 3.63) is 0 Å². The first-order valence-corrected chi connectivity index (χ1v) is 4.84. The predicted octanol–water partition coefficient (Wildman–Crippen LogP) is -1.66. The third-order valence-electron chi connectivity index (χ3n) is 1.96. The van der Waals surface area contributed by atoms with Gasteiger partial charge < -0.3 is 19.9 Å². The van der Waals surface area contributed by atoms with E-state index in [0.717, 1.165) is 0 Å². The number of hydrogen-bond acceptors (Lipinski definition) is 6. The van der Waals surface area contributed by atoms with Gasteiger partial charge >= 0.3 is 11.9 Å². The number of carbonyl (C=O) groups excluding carboxylic acids is 3. The highest BCUT2D eigenvalue weighted by Crippen LogP contribution is 2.07. The molecule has 1 saturated heterocycles. The fourth-order valence-electron chi connectivity index (χ4n) is 1.23. The molecule has 1 fully saturated rings. The zero-order valence-electron chi connectivity index (χ0n) is 8.76. The molecule has 0 bridgehead atoms. The van der Waals surface area contributed by atoms with Crippen LogP contribution in [0.15, 0.2) is 0 Å². The van der Waals surface area contributed by atoms with Gasteiger partial charge in [-0.05, 0) is 6.92 Å². The van der Waals surface area contributed by atoms with Crippen molar-refractivity contribution in [3.63, 3.8) is 0 Å². The number of aliphatic hydroxyl groups is 1. The van der Waals surface area contributed by atoms with Gasteiger partial charge in [0, 0.05) is 0 Å². The maximum atomic E-state index is 11.2. The molecule has 1 amide bonds. The van der Waals surface area contributed by atoms with Gasteiger partial charge in [0.25, 0.3) is 0 Å². The van der Waals surface area contributed by atoms with Crippen molar-refractivity contribution in [1.82, 2.24) is 5.32 Å². The van der Waals surface area contributed by atoms with Crippen LogP contribution in [-0.4, -0.2) is 48.3 Å². The Balaban J connectivity index is 2.39. The van der Waals surface area contributed by atoms with Crippen LogP contribution in [0, 0.1) is 0 Å². The Labute approximate surface area is 91.7 Å². The molecule has 0 aromatic carbocycles. The normalized spacial score (nSPS) is 23.8. The van der Waals surface area contributed by atoms with Crippen LogP contribution in [0.2, 0.25) is 0 Å². The smallest absolute Gasteiger partial charge is 0.331 e. The van der Waals surface area contributed by atoms with E-state index in [4.69, 9.17) is 0 Å². The Morgan fingerprint density at radius 3 is 2.81 bits per heavy atom. The van der Waals surface area contributed by atoms with Crippen LogP contribution in [0.4, 0.5) is 0 Å². The third-order valence-corrected chi connectivity index (χ3v) is 1.96. The molecule has 0 aliphatic carbocycles. The van der Waals surface area contributed by atoms with Crippen LogP contribution < -0.4 is 5.32 Å². The molecule has 16 heavy (non-hydrogen) atoms. The van der Waals surface area contributed by atoms with Gasteiger partial charge in [0.2, 0.25) is 5.91 Å². The minimum atomic E-state index is -1.10. The Bertz CT molecular complexity index is 302. The minimum Gasteiger partial charge on any atom is -0.466 e. The lowest BCUT2D eigenvalue weighted by Crippen LogP contribution is -2.45. The highest BCUT2D eigenvalue weighted by molar-refractivity contribution is 5.96. The zero-order chi connectivity index (χ0) is 12.1. The number of cyclic esters (lactones) is 1. The van der Waals surface area contributed by atoms with Gasteiger partial charge in [0.1, 0.15) is 19.1 Å². The van der Waals surface area contributed by atoms with E-state index in [1.165, 1.54) is 0 Å². The standard InChI is InChI=1S/C9H13NO6/c1-2-15-7(13)3-6(12)10-8-5(11)4-16-9(8)14/h5,8,11H,2-4H2,1H3,(H,10,12). The topological polar surface area (TPSA) is 102 Å². The lowest BCUT2D eigenvalue weighted by Gasteiger charge is -2.11. The number of esters is 2. The second-order valence-corrected chi connectivity index (χ2v) is 3.22. The van der Waals surface area contributed by atoms with E-state index in [2.05, 4.69) is 14.8 Å². The van der Waals surface area contributed by atoms with Gasteiger partial charge in [-0.15, -0.1) is 0 Å². The monoisotopic (exact) mass is 231 g/mol. The number of amides is 1. The highest BCUT2D eigenvalue weighted by atomic mass is 16.6. The lowest BCUT2D eigenvalue weighted by molar-refractivity contribution is -0.148. The Morgan fingerprint density at radius 2 is 2.31 bits per heavy atom. The number of carbonyl (C=O) groups is 3. The Hall–Kier alpha value is -1.63. The van der Waals surface area contributed by atoms with E-state index in [1.807, 2.05) is 0 Å². The first-order chi connectivity index (χ1) is 7.54. The highest BCUT2D eigenvalue weighted by Gasteiger charge is 2.36. The van der Waals surface area contributed by atoms with E-state index < -0.39 is 36.4 Å². The number of rotatable bonds is 4. The largest absolute Gasteiger partial charge is 0.466 e. The molecule has 2 N–H and O–H groups in total. The molecule has 1 aliphatic heterocycles.